The first-order valence-electron chi connectivity index (χ1n) is 9.28. The van der Waals surface area contributed by atoms with E-state index in [1.165, 1.54) is 0 Å². The molecule has 1 saturated heterocycles. The normalized spacial score (nSPS) is 24.3. The summed E-state index contributed by atoms with van der Waals surface area (Å²) >= 11 is 0. The SMILES string of the molecule is CC1C2CN(c3nccc(Nc4cc5c(cn4)ncn5C(C)C)n3)CC12. The van der Waals surface area contributed by atoms with Crippen LogP contribution in [0.1, 0.15) is 26.8 Å². The van der Waals surface area contributed by atoms with Crippen LogP contribution in [0.3, 0.4) is 0 Å². The smallest absolute Gasteiger partial charge is 0.227 e. The molecule has 3 aromatic heterocycles. The number of anilines is 3. The molecule has 1 saturated carbocycles. The van der Waals surface area contributed by atoms with Gasteiger partial charge in [0.1, 0.15) is 17.2 Å². The largest absolute Gasteiger partial charge is 0.340 e. The van der Waals surface area contributed by atoms with Gasteiger partial charge in [-0.2, -0.15) is 4.98 Å². The van der Waals surface area contributed by atoms with Crippen molar-refractivity contribution in [2.24, 2.45) is 17.8 Å². The van der Waals surface area contributed by atoms with Crippen molar-refractivity contribution >= 4 is 28.6 Å². The lowest BCUT2D eigenvalue weighted by Crippen LogP contribution is -2.25. The molecule has 7 nitrogen and oxygen atoms in total. The van der Waals surface area contributed by atoms with Crippen molar-refractivity contribution in [2.45, 2.75) is 26.8 Å². The number of nitrogens with zero attached hydrogens (tertiary/aromatic N) is 6. The van der Waals surface area contributed by atoms with Crippen LogP contribution in [0.2, 0.25) is 0 Å². The van der Waals surface area contributed by atoms with E-state index in [9.17, 15) is 0 Å². The monoisotopic (exact) mass is 349 g/mol. The summed E-state index contributed by atoms with van der Waals surface area (Å²) in [5, 5.41) is 3.32. The first kappa shape index (κ1) is 15.5. The lowest BCUT2D eigenvalue weighted by atomic mass is 10.3. The van der Waals surface area contributed by atoms with E-state index in [2.05, 4.69) is 50.5 Å². The lowest BCUT2D eigenvalue weighted by molar-refractivity contribution is 0.617. The maximum atomic E-state index is 4.70. The van der Waals surface area contributed by atoms with Gasteiger partial charge in [-0.25, -0.2) is 15.0 Å². The number of hydrogen-bond donors (Lipinski definition) is 1. The van der Waals surface area contributed by atoms with Crippen LogP contribution in [-0.4, -0.2) is 37.6 Å². The Morgan fingerprint density at radius 2 is 1.92 bits per heavy atom. The number of hydrogen-bond acceptors (Lipinski definition) is 6. The second-order valence-corrected chi connectivity index (χ2v) is 7.76. The summed E-state index contributed by atoms with van der Waals surface area (Å²) in [6, 6.07) is 4.26. The van der Waals surface area contributed by atoms with E-state index in [1.54, 1.807) is 6.20 Å². The Labute approximate surface area is 152 Å². The topological polar surface area (TPSA) is 71.8 Å². The molecule has 0 amide bonds. The quantitative estimate of drug-likeness (QED) is 0.779. The number of imidazole rings is 1. The molecule has 0 bridgehead atoms. The fraction of sp³-hybridized carbons (Fsp3) is 0.474. The molecular weight excluding hydrogens is 326 g/mol. The molecular formula is C19H23N7. The number of piperidine rings is 1. The molecule has 134 valence electrons. The minimum atomic E-state index is 0.352. The summed E-state index contributed by atoms with van der Waals surface area (Å²) in [6.07, 6.45) is 5.48. The fourth-order valence-corrected chi connectivity index (χ4v) is 4.10. The summed E-state index contributed by atoms with van der Waals surface area (Å²) < 4.78 is 2.14. The Kier molecular flexibility index (Phi) is 3.38. The molecule has 7 heteroatoms. The van der Waals surface area contributed by atoms with E-state index in [1.807, 2.05) is 24.7 Å². The van der Waals surface area contributed by atoms with Crippen LogP contribution < -0.4 is 10.2 Å². The molecule has 0 spiro atoms. The molecule has 4 heterocycles. The van der Waals surface area contributed by atoms with Crippen LogP contribution in [0.25, 0.3) is 11.0 Å². The zero-order valence-electron chi connectivity index (χ0n) is 15.3. The first-order chi connectivity index (χ1) is 12.6. The summed E-state index contributed by atoms with van der Waals surface area (Å²) in [6.45, 7) is 8.79. The maximum Gasteiger partial charge on any atom is 0.227 e. The highest BCUT2D eigenvalue weighted by molar-refractivity contribution is 5.78. The molecule has 26 heavy (non-hydrogen) atoms. The van der Waals surface area contributed by atoms with Crippen molar-refractivity contribution in [3.8, 4) is 0 Å². The van der Waals surface area contributed by atoms with Crippen molar-refractivity contribution in [1.82, 2.24) is 24.5 Å². The Morgan fingerprint density at radius 1 is 1.12 bits per heavy atom. The summed E-state index contributed by atoms with van der Waals surface area (Å²) in [7, 11) is 0. The first-order valence-corrected chi connectivity index (χ1v) is 9.28. The van der Waals surface area contributed by atoms with Crippen molar-refractivity contribution in [1.29, 1.82) is 0 Å². The van der Waals surface area contributed by atoms with Crippen LogP contribution in [0.5, 0.6) is 0 Å². The molecule has 2 atom stereocenters. The van der Waals surface area contributed by atoms with Crippen LogP contribution in [-0.2, 0) is 0 Å². The lowest BCUT2D eigenvalue weighted by Gasteiger charge is -2.19. The van der Waals surface area contributed by atoms with Crippen LogP contribution >= 0.6 is 0 Å². The molecule has 2 fully saturated rings. The third kappa shape index (κ3) is 2.50. The highest BCUT2D eigenvalue weighted by Crippen LogP contribution is 2.51. The highest BCUT2D eigenvalue weighted by Gasteiger charge is 2.53. The Bertz CT molecular complexity index is 951. The molecule has 0 aromatic carbocycles. The van der Waals surface area contributed by atoms with Gasteiger partial charge in [0.05, 0.1) is 18.0 Å². The zero-order chi connectivity index (χ0) is 17.8. The number of pyridine rings is 1. The van der Waals surface area contributed by atoms with Crippen LogP contribution in [0.15, 0.2) is 30.9 Å². The Balaban J connectivity index is 1.38. The van der Waals surface area contributed by atoms with Crippen molar-refractivity contribution < 1.29 is 0 Å². The number of fused-ring (bicyclic) bond motifs is 2. The Morgan fingerprint density at radius 3 is 2.69 bits per heavy atom. The van der Waals surface area contributed by atoms with Gasteiger partial charge in [-0.3, -0.25) is 0 Å². The summed E-state index contributed by atoms with van der Waals surface area (Å²) in [4.78, 5) is 20.3. The van der Waals surface area contributed by atoms with Crippen molar-refractivity contribution in [3.05, 3.63) is 30.9 Å². The predicted molar refractivity (Wildman–Crippen MR) is 102 cm³/mol. The fourth-order valence-electron chi connectivity index (χ4n) is 4.10. The average molecular weight is 349 g/mol. The summed E-state index contributed by atoms with van der Waals surface area (Å²) in [5.41, 5.74) is 1.97. The van der Waals surface area contributed by atoms with Gasteiger partial charge in [0, 0.05) is 31.4 Å². The molecule has 1 aliphatic carbocycles. The van der Waals surface area contributed by atoms with Gasteiger partial charge < -0.3 is 14.8 Å². The van der Waals surface area contributed by atoms with Crippen LogP contribution in [0, 0.1) is 17.8 Å². The number of nitrogens with one attached hydrogen (secondary N) is 1. The van der Waals surface area contributed by atoms with Gasteiger partial charge in [0.2, 0.25) is 5.95 Å². The number of rotatable bonds is 4. The van der Waals surface area contributed by atoms with Gasteiger partial charge >= 0.3 is 0 Å². The summed E-state index contributed by atoms with van der Waals surface area (Å²) in [5.74, 6) is 4.87. The zero-order valence-corrected chi connectivity index (χ0v) is 15.3. The van der Waals surface area contributed by atoms with E-state index in [4.69, 9.17) is 4.98 Å². The van der Waals surface area contributed by atoms with E-state index in [0.29, 0.717) is 6.04 Å². The molecule has 2 unspecified atom stereocenters. The van der Waals surface area contributed by atoms with Gasteiger partial charge in [0.25, 0.3) is 0 Å². The van der Waals surface area contributed by atoms with E-state index in [-0.39, 0.29) is 0 Å². The third-order valence-electron chi connectivity index (χ3n) is 5.82. The minimum absolute atomic E-state index is 0.352. The standard InChI is InChI=1S/C19H23N7/c1-11(2)26-10-22-15-7-21-18(6-16(15)26)23-17-4-5-20-19(24-17)25-8-13-12(3)14(13)9-25/h4-7,10-14H,8-9H2,1-3H3,(H,20,21,23,24). The van der Waals surface area contributed by atoms with Gasteiger partial charge in [-0.1, -0.05) is 6.92 Å². The average Bonchev–Trinajstić information content (AvgIpc) is 3.03. The molecule has 1 N–H and O–H groups in total. The highest BCUT2D eigenvalue weighted by atomic mass is 15.3. The van der Waals surface area contributed by atoms with Crippen LogP contribution in [0.4, 0.5) is 17.6 Å². The molecule has 1 aliphatic heterocycles. The molecule has 2 aliphatic rings. The molecule has 0 radical (unpaired) electrons. The Hall–Kier alpha value is -2.70. The van der Waals surface area contributed by atoms with Crippen molar-refractivity contribution in [2.75, 3.05) is 23.3 Å². The molecule has 5 rings (SSSR count). The van der Waals surface area contributed by atoms with E-state index < -0.39 is 0 Å². The molecule has 3 aromatic rings. The van der Waals surface area contributed by atoms with Gasteiger partial charge in [-0.05, 0) is 37.7 Å². The third-order valence-corrected chi connectivity index (χ3v) is 5.82. The van der Waals surface area contributed by atoms with Gasteiger partial charge in [0.15, 0.2) is 0 Å². The maximum absolute atomic E-state index is 4.70. The van der Waals surface area contributed by atoms with E-state index >= 15 is 0 Å². The van der Waals surface area contributed by atoms with E-state index in [0.717, 1.165) is 59.5 Å². The number of aromatic nitrogens is 5. The predicted octanol–water partition coefficient (Wildman–Crippen LogP) is 3.25. The second-order valence-electron chi connectivity index (χ2n) is 7.76. The van der Waals surface area contributed by atoms with Crippen molar-refractivity contribution in [3.63, 3.8) is 0 Å². The van der Waals surface area contributed by atoms with Gasteiger partial charge in [-0.15, -0.1) is 0 Å². The minimum Gasteiger partial charge on any atom is -0.340 e. The second kappa shape index (κ2) is 5.65.